The predicted molar refractivity (Wildman–Crippen MR) is 123 cm³/mol. The largest absolute Gasteiger partial charge is 0.143 e. The van der Waals surface area contributed by atoms with E-state index in [4.69, 9.17) is 0 Å². The minimum Gasteiger partial charge on any atom is -0.143 e. The molecule has 128 valence electrons. The molecule has 0 aliphatic carbocycles. The van der Waals surface area contributed by atoms with Crippen LogP contribution in [-0.2, 0) is 0 Å². The summed E-state index contributed by atoms with van der Waals surface area (Å²) in [6, 6.07) is 26.3. The van der Waals surface area contributed by atoms with E-state index in [1.54, 1.807) is 0 Å². The SMILES string of the molecule is c1ccc2c(-c3sc4ccccc4c3-c3csc4ccccc34)csc2c1. The third kappa shape index (κ3) is 2.32. The van der Waals surface area contributed by atoms with E-state index in [0.717, 1.165) is 0 Å². The second-order valence-electron chi connectivity index (χ2n) is 6.59. The van der Waals surface area contributed by atoms with Crippen LogP contribution in [0, 0.1) is 0 Å². The molecule has 0 N–H and O–H groups in total. The smallest absolute Gasteiger partial charge is 0.0448 e. The number of thiophene rings is 3. The van der Waals surface area contributed by atoms with Crippen LogP contribution in [0.15, 0.2) is 83.6 Å². The van der Waals surface area contributed by atoms with Crippen molar-refractivity contribution in [1.82, 2.24) is 0 Å². The molecule has 0 bridgehead atoms. The second kappa shape index (κ2) is 6.03. The van der Waals surface area contributed by atoms with Crippen molar-refractivity contribution >= 4 is 64.3 Å². The molecule has 0 amide bonds. The lowest BCUT2D eigenvalue weighted by molar-refractivity contribution is 1.80. The molecule has 0 fully saturated rings. The molecule has 6 aromatic rings. The van der Waals surface area contributed by atoms with Crippen LogP contribution in [0.5, 0.6) is 0 Å². The fraction of sp³-hybridized carbons (Fsp3) is 0. The first-order valence-electron chi connectivity index (χ1n) is 8.85. The first-order chi connectivity index (χ1) is 13.4. The monoisotopic (exact) mass is 398 g/mol. The van der Waals surface area contributed by atoms with Crippen LogP contribution in [0.3, 0.4) is 0 Å². The Hall–Kier alpha value is -2.46. The molecule has 0 saturated heterocycles. The summed E-state index contributed by atoms with van der Waals surface area (Å²) in [5.74, 6) is 0. The van der Waals surface area contributed by atoms with Crippen molar-refractivity contribution in [3.8, 4) is 21.6 Å². The van der Waals surface area contributed by atoms with Crippen LogP contribution in [0.2, 0.25) is 0 Å². The minimum atomic E-state index is 1.35. The van der Waals surface area contributed by atoms with Crippen LogP contribution < -0.4 is 0 Å². The number of fused-ring (bicyclic) bond motifs is 3. The van der Waals surface area contributed by atoms with E-state index in [1.165, 1.54) is 51.8 Å². The molecule has 0 nitrogen and oxygen atoms in total. The lowest BCUT2D eigenvalue weighted by Gasteiger charge is -2.04. The van der Waals surface area contributed by atoms with Gasteiger partial charge in [-0.05, 0) is 23.6 Å². The van der Waals surface area contributed by atoms with Gasteiger partial charge in [0.1, 0.15) is 0 Å². The second-order valence-corrected chi connectivity index (χ2v) is 9.47. The molecule has 3 aromatic carbocycles. The summed E-state index contributed by atoms with van der Waals surface area (Å²) >= 11 is 5.59. The van der Waals surface area contributed by atoms with Crippen molar-refractivity contribution in [2.45, 2.75) is 0 Å². The number of benzene rings is 3. The highest BCUT2D eigenvalue weighted by atomic mass is 32.1. The maximum absolute atomic E-state index is 2.33. The molecule has 0 saturated carbocycles. The Bertz CT molecular complexity index is 1430. The van der Waals surface area contributed by atoms with Gasteiger partial charge in [0.2, 0.25) is 0 Å². The highest BCUT2D eigenvalue weighted by Gasteiger charge is 2.20. The molecule has 6 rings (SSSR count). The number of hydrogen-bond acceptors (Lipinski definition) is 3. The van der Waals surface area contributed by atoms with E-state index in [9.17, 15) is 0 Å². The van der Waals surface area contributed by atoms with Crippen molar-refractivity contribution in [2.24, 2.45) is 0 Å². The molecule has 27 heavy (non-hydrogen) atoms. The summed E-state index contributed by atoms with van der Waals surface area (Å²) in [5.41, 5.74) is 4.11. The van der Waals surface area contributed by atoms with Gasteiger partial charge in [-0.1, -0.05) is 54.6 Å². The topological polar surface area (TPSA) is 0 Å². The molecule has 3 heterocycles. The molecule has 3 aromatic heterocycles. The predicted octanol–water partition coefficient (Wildman–Crippen LogP) is 8.66. The molecule has 3 heteroatoms. The zero-order valence-electron chi connectivity index (χ0n) is 14.3. The van der Waals surface area contributed by atoms with E-state index >= 15 is 0 Å². The molecule has 0 radical (unpaired) electrons. The molecule has 0 spiro atoms. The Morgan fingerprint density at radius 1 is 0.481 bits per heavy atom. The minimum absolute atomic E-state index is 1.35. The molecule has 0 atom stereocenters. The van der Waals surface area contributed by atoms with Gasteiger partial charge in [-0.15, -0.1) is 34.0 Å². The van der Waals surface area contributed by atoms with E-state index < -0.39 is 0 Å². The van der Waals surface area contributed by atoms with Gasteiger partial charge in [0.15, 0.2) is 0 Å². The Morgan fingerprint density at radius 2 is 1.00 bits per heavy atom. The van der Waals surface area contributed by atoms with Gasteiger partial charge in [-0.3, -0.25) is 0 Å². The van der Waals surface area contributed by atoms with Crippen molar-refractivity contribution < 1.29 is 0 Å². The first-order valence-corrected chi connectivity index (χ1v) is 11.4. The third-order valence-corrected chi connectivity index (χ3v) is 8.20. The van der Waals surface area contributed by atoms with Crippen molar-refractivity contribution in [3.63, 3.8) is 0 Å². The summed E-state index contributed by atoms with van der Waals surface area (Å²) in [5, 5.41) is 8.73. The average molecular weight is 399 g/mol. The summed E-state index contributed by atoms with van der Waals surface area (Å²) < 4.78 is 4.06. The molecule has 0 aliphatic heterocycles. The van der Waals surface area contributed by atoms with Gasteiger partial charge in [-0.25, -0.2) is 0 Å². The van der Waals surface area contributed by atoms with E-state index in [2.05, 4.69) is 83.6 Å². The third-order valence-electron chi connectivity index (χ3n) is 5.07. The maximum atomic E-state index is 2.33. The molecule has 0 unspecified atom stereocenters. The van der Waals surface area contributed by atoms with Gasteiger partial charge >= 0.3 is 0 Å². The summed E-state index contributed by atoms with van der Waals surface area (Å²) in [4.78, 5) is 1.39. The summed E-state index contributed by atoms with van der Waals surface area (Å²) in [6.07, 6.45) is 0. The fourth-order valence-corrected chi connectivity index (χ4v) is 7.05. The van der Waals surface area contributed by atoms with Crippen LogP contribution in [0.4, 0.5) is 0 Å². The van der Waals surface area contributed by atoms with Crippen LogP contribution in [0.25, 0.3) is 51.8 Å². The van der Waals surface area contributed by atoms with Gasteiger partial charge in [-0.2, -0.15) is 0 Å². The van der Waals surface area contributed by atoms with E-state index in [0.29, 0.717) is 0 Å². The Labute approximate surface area is 169 Å². The van der Waals surface area contributed by atoms with Gasteiger partial charge in [0.25, 0.3) is 0 Å². The van der Waals surface area contributed by atoms with E-state index in [-0.39, 0.29) is 0 Å². The molecule has 0 aliphatic rings. The fourth-order valence-electron chi connectivity index (χ4n) is 3.83. The first kappa shape index (κ1) is 15.6. The van der Waals surface area contributed by atoms with Crippen LogP contribution >= 0.6 is 34.0 Å². The lowest BCUT2D eigenvalue weighted by atomic mass is 9.98. The van der Waals surface area contributed by atoms with Gasteiger partial charge in [0, 0.05) is 57.2 Å². The Morgan fingerprint density at radius 3 is 1.70 bits per heavy atom. The van der Waals surface area contributed by atoms with Gasteiger partial charge < -0.3 is 0 Å². The highest BCUT2D eigenvalue weighted by Crippen LogP contribution is 2.50. The Kier molecular flexibility index (Phi) is 3.48. The van der Waals surface area contributed by atoms with Crippen molar-refractivity contribution in [1.29, 1.82) is 0 Å². The highest BCUT2D eigenvalue weighted by molar-refractivity contribution is 7.24. The lowest BCUT2D eigenvalue weighted by Crippen LogP contribution is -1.78. The number of hydrogen-bond donors (Lipinski definition) is 0. The average Bonchev–Trinajstić information content (AvgIpc) is 3.42. The quantitative estimate of drug-likeness (QED) is 0.274. The van der Waals surface area contributed by atoms with Crippen LogP contribution in [-0.4, -0.2) is 0 Å². The summed E-state index contributed by atoms with van der Waals surface area (Å²) in [7, 11) is 0. The zero-order chi connectivity index (χ0) is 17.8. The van der Waals surface area contributed by atoms with Crippen LogP contribution in [0.1, 0.15) is 0 Å². The van der Waals surface area contributed by atoms with Crippen molar-refractivity contribution in [3.05, 3.63) is 83.6 Å². The summed E-state index contributed by atoms with van der Waals surface area (Å²) in [6.45, 7) is 0. The standard InChI is InChI=1S/C24H14S3/c1-4-10-20-15(7-1)18(13-25-20)23-17-9-3-6-12-22(17)27-24(23)19-14-26-21-11-5-2-8-16(19)21/h1-14H. The van der Waals surface area contributed by atoms with E-state index in [1.807, 2.05) is 34.0 Å². The zero-order valence-corrected chi connectivity index (χ0v) is 16.8. The maximum Gasteiger partial charge on any atom is 0.0448 e. The van der Waals surface area contributed by atoms with Gasteiger partial charge in [0.05, 0.1) is 0 Å². The number of rotatable bonds is 2. The van der Waals surface area contributed by atoms with Crippen molar-refractivity contribution in [2.75, 3.05) is 0 Å². The Balaban J connectivity index is 1.75. The normalized spacial score (nSPS) is 11.7. The molecular weight excluding hydrogens is 384 g/mol. The molecular formula is C24H14S3.